The number of amides is 1. The number of anilines is 1. The maximum atomic E-state index is 11.2. The van der Waals surface area contributed by atoms with Crippen LogP contribution in [0.1, 0.15) is 31.2 Å². The smallest absolute Gasteiger partial charge is 0.237 e. The average molecular weight is 249 g/mol. The zero-order valence-electron chi connectivity index (χ0n) is 10.4. The van der Waals surface area contributed by atoms with E-state index in [1.54, 1.807) is 12.4 Å². The van der Waals surface area contributed by atoms with E-state index in [1.807, 2.05) is 4.90 Å². The maximum absolute atomic E-state index is 11.2. The molecule has 1 saturated carbocycles. The van der Waals surface area contributed by atoms with E-state index in [0.717, 1.165) is 18.4 Å². The fourth-order valence-corrected chi connectivity index (χ4v) is 2.35. The summed E-state index contributed by atoms with van der Waals surface area (Å²) < 4.78 is 0. The fourth-order valence-electron chi connectivity index (χ4n) is 2.35. The van der Waals surface area contributed by atoms with Crippen molar-refractivity contribution in [3.63, 3.8) is 0 Å². The Balaban J connectivity index is 2.17. The van der Waals surface area contributed by atoms with Gasteiger partial charge in [-0.15, -0.1) is 0 Å². The molecule has 4 N–H and O–H groups in total. The first-order valence-electron chi connectivity index (χ1n) is 6.26. The second-order valence-electron chi connectivity index (χ2n) is 4.63. The second kappa shape index (κ2) is 5.77. The fraction of sp³-hybridized carbons (Fsp3) is 0.583. The van der Waals surface area contributed by atoms with Crippen molar-refractivity contribution in [2.45, 2.75) is 38.3 Å². The van der Waals surface area contributed by atoms with Gasteiger partial charge in [-0.2, -0.15) is 0 Å². The minimum absolute atomic E-state index is 0.173. The van der Waals surface area contributed by atoms with Gasteiger partial charge in [0.15, 0.2) is 0 Å². The summed E-state index contributed by atoms with van der Waals surface area (Å²) in [5, 5.41) is 0. The lowest BCUT2D eigenvalue weighted by molar-refractivity contribution is -0.116. The molecule has 1 amide bonds. The van der Waals surface area contributed by atoms with Crippen LogP contribution in [-0.2, 0) is 11.3 Å². The van der Waals surface area contributed by atoms with Crippen LogP contribution in [0.4, 0.5) is 5.95 Å². The largest absolute Gasteiger partial charge is 0.368 e. The van der Waals surface area contributed by atoms with E-state index in [0.29, 0.717) is 18.5 Å². The molecule has 0 aliphatic heterocycles. The number of primary amides is 1. The van der Waals surface area contributed by atoms with Gasteiger partial charge in [0.1, 0.15) is 0 Å². The number of nitrogens with zero attached hydrogens (tertiary/aromatic N) is 3. The third-order valence-corrected chi connectivity index (χ3v) is 3.28. The van der Waals surface area contributed by atoms with Crippen molar-refractivity contribution in [3.05, 3.63) is 18.0 Å². The molecule has 1 aliphatic rings. The van der Waals surface area contributed by atoms with Crippen LogP contribution < -0.4 is 16.4 Å². The third-order valence-electron chi connectivity index (χ3n) is 3.28. The summed E-state index contributed by atoms with van der Waals surface area (Å²) >= 11 is 0. The van der Waals surface area contributed by atoms with E-state index in [1.165, 1.54) is 12.8 Å². The number of aromatic nitrogens is 2. The first-order chi connectivity index (χ1) is 8.70. The molecule has 6 nitrogen and oxygen atoms in total. The van der Waals surface area contributed by atoms with Gasteiger partial charge in [0.25, 0.3) is 0 Å². The Morgan fingerprint density at radius 3 is 2.44 bits per heavy atom. The molecule has 0 atom stereocenters. The molecule has 0 unspecified atom stereocenters. The average Bonchev–Trinajstić information content (AvgIpc) is 2.89. The minimum atomic E-state index is -0.353. The first kappa shape index (κ1) is 12.8. The van der Waals surface area contributed by atoms with Crippen molar-refractivity contribution in [1.29, 1.82) is 0 Å². The van der Waals surface area contributed by atoms with Crippen LogP contribution in [0.3, 0.4) is 0 Å². The molecule has 0 bridgehead atoms. The topological polar surface area (TPSA) is 98.1 Å². The Morgan fingerprint density at radius 2 is 1.94 bits per heavy atom. The van der Waals surface area contributed by atoms with Gasteiger partial charge in [-0.05, 0) is 12.8 Å². The molecular formula is C12H19N5O. The Bertz CT molecular complexity index is 399. The Labute approximate surface area is 106 Å². The summed E-state index contributed by atoms with van der Waals surface area (Å²) in [7, 11) is 0. The van der Waals surface area contributed by atoms with E-state index < -0.39 is 0 Å². The molecule has 18 heavy (non-hydrogen) atoms. The molecule has 1 aromatic rings. The Hall–Kier alpha value is -1.69. The van der Waals surface area contributed by atoms with Crippen molar-refractivity contribution in [2.75, 3.05) is 11.4 Å². The summed E-state index contributed by atoms with van der Waals surface area (Å²) in [6, 6.07) is 0.321. The molecule has 1 aromatic heterocycles. The van der Waals surface area contributed by atoms with Gasteiger partial charge in [0, 0.05) is 30.5 Å². The highest BCUT2D eigenvalue weighted by Gasteiger charge is 2.25. The van der Waals surface area contributed by atoms with Gasteiger partial charge in [-0.3, -0.25) is 4.79 Å². The van der Waals surface area contributed by atoms with Crippen LogP contribution in [0.5, 0.6) is 0 Å². The van der Waals surface area contributed by atoms with Gasteiger partial charge in [0.2, 0.25) is 11.9 Å². The molecule has 0 saturated heterocycles. The van der Waals surface area contributed by atoms with Crippen LogP contribution in [-0.4, -0.2) is 28.5 Å². The van der Waals surface area contributed by atoms with E-state index in [2.05, 4.69) is 9.97 Å². The van der Waals surface area contributed by atoms with Crippen LogP contribution in [0.2, 0.25) is 0 Å². The standard InChI is InChI=1S/C12H19N5O/c13-5-9-6-15-12(16-7-9)17(8-11(14)18)10-3-1-2-4-10/h6-7,10H,1-5,8,13H2,(H2,14,18). The van der Waals surface area contributed by atoms with Crippen molar-refractivity contribution in [1.82, 2.24) is 9.97 Å². The van der Waals surface area contributed by atoms with Gasteiger partial charge >= 0.3 is 0 Å². The molecule has 6 heteroatoms. The molecular weight excluding hydrogens is 230 g/mol. The maximum Gasteiger partial charge on any atom is 0.237 e. The second-order valence-corrected chi connectivity index (χ2v) is 4.63. The minimum Gasteiger partial charge on any atom is -0.368 e. The van der Waals surface area contributed by atoms with Crippen molar-refractivity contribution < 1.29 is 4.79 Å². The van der Waals surface area contributed by atoms with Crippen molar-refractivity contribution in [3.8, 4) is 0 Å². The SMILES string of the molecule is NCc1cnc(N(CC(N)=O)C2CCCC2)nc1. The van der Waals surface area contributed by atoms with E-state index in [4.69, 9.17) is 11.5 Å². The van der Waals surface area contributed by atoms with Crippen LogP contribution >= 0.6 is 0 Å². The number of nitrogens with two attached hydrogens (primary N) is 2. The predicted molar refractivity (Wildman–Crippen MR) is 68.7 cm³/mol. The monoisotopic (exact) mass is 249 g/mol. The molecule has 1 fully saturated rings. The lowest BCUT2D eigenvalue weighted by atomic mass is 10.2. The molecule has 0 aromatic carbocycles. The normalized spacial score (nSPS) is 15.8. The zero-order chi connectivity index (χ0) is 13.0. The summed E-state index contributed by atoms with van der Waals surface area (Å²) in [6.07, 6.45) is 7.89. The molecule has 0 spiro atoms. The zero-order valence-corrected chi connectivity index (χ0v) is 10.4. The Kier molecular flexibility index (Phi) is 4.09. The summed E-state index contributed by atoms with van der Waals surface area (Å²) in [5.74, 6) is 0.214. The summed E-state index contributed by atoms with van der Waals surface area (Å²) in [6.45, 7) is 0.589. The predicted octanol–water partition coefficient (Wildman–Crippen LogP) is 0.170. The highest BCUT2D eigenvalue weighted by atomic mass is 16.1. The third kappa shape index (κ3) is 2.95. The molecule has 2 rings (SSSR count). The quantitative estimate of drug-likeness (QED) is 0.775. The summed E-state index contributed by atoms with van der Waals surface area (Å²) in [5.41, 5.74) is 11.7. The van der Waals surface area contributed by atoms with Crippen molar-refractivity contribution in [2.24, 2.45) is 11.5 Å². The first-order valence-corrected chi connectivity index (χ1v) is 6.26. The van der Waals surface area contributed by atoms with Crippen molar-refractivity contribution >= 4 is 11.9 Å². The number of rotatable bonds is 5. The van der Waals surface area contributed by atoms with Gasteiger partial charge in [0.05, 0.1) is 6.54 Å². The number of hydrogen-bond acceptors (Lipinski definition) is 5. The Morgan fingerprint density at radius 1 is 1.33 bits per heavy atom. The molecule has 1 heterocycles. The number of carbonyl (C=O) groups excluding carboxylic acids is 1. The van der Waals surface area contributed by atoms with Crippen LogP contribution in [0.15, 0.2) is 12.4 Å². The number of hydrogen-bond donors (Lipinski definition) is 2. The van der Waals surface area contributed by atoms with Crippen LogP contribution in [0, 0.1) is 0 Å². The highest BCUT2D eigenvalue weighted by molar-refractivity contribution is 5.79. The molecule has 0 radical (unpaired) electrons. The summed E-state index contributed by atoms with van der Waals surface area (Å²) in [4.78, 5) is 21.6. The van der Waals surface area contributed by atoms with Gasteiger partial charge < -0.3 is 16.4 Å². The number of carbonyl (C=O) groups is 1. The molecule has 1 aliphatic carbocycles. The van der Waals surface area contributed by atoms with E-state index in [9.17, 15) is 4.79 Å². The van der Waals surface area contributed by atoms with Gasteiger partial charge in [-0.1, -0.05) is 12.8 Å². The lowest BCUT2D eigenvalue weighted by Gasteiger charge is -2.27. The molecule has 98 valence electrons. The van der Waals surface area contributed by atoms with E-state index >= 15 is 0 Å². The van der Waals surface area contributed by atoms with Crippen LogP contribution in [0.25, 0.3) is 0 Å². The highest BCUT2D eigenvalue weighted by Crippen LogP contribution is 2.25. The van der Waals surface area contributed by atoms with Gasteiger partial charge in [-0.25, -0.2) is 9.97 Å². The lowest BCUT2D eigenvalue weighted by Crippen LogP contribution is -2.41. The van der Waals surface area contributed by atoms with E-state index in [-0.39, 0.29) is 12.5 Å².